The van der Waals surface area contributed by atoms with Crippen LogP contribution in [0.4, 0.5) is 0 Å². The molecule has 0 saturated carbocycles. The number of nitrogens with one attached hydrogen (secondary N) is 1. The molecule has 2 aromatic carbocycles. The molecule has 0 spiro atoms. The van der Waals surface area contributed by atoms with Crippen LogP contribution in [0.5, 0.6) is 0 Å². The first kappa shape index (κ1) is 21.5. The molecule has 3 nitrogen and oxygen atoms in total. The molecular weight excluding hydrogens is 366 g/mol. The molecule has 27 heavy (non-hydrogen) atoms. The Morgan fingerprint density at radius 1 is 0.741 bits per heavy atom. The third-order valence-electron chi connectivity index (χ3n) is 5.96. The molecule has 4 atom stereocenters. The minimum atomic E-state index is -2.38. The maximum atomic E-state index is 12.0. The van der Waals surface area contributed by atoms with Crippen LogP contribution >= 0.6 is 0 Å². The smallest absolute Gasteiger partial charge is 0.158 e. The van der Waals surface area contributed by atoms with Crippen LogP contribution in [0.2, 0.25) is 24.2 Å². The summed E-state index contributed by atoms with van der Waals surface area (Å²) in [5, 5.41) is 2.44. The van der Waals surface area contributed by atoms with Gasteiger partial charge in [-0.05, 0) is 23.2 Å². The zero-order valence-corrected chi connectivity index (χ0v) is 18.8. The molecule has 0 heterocycles. The van der Waals surface area contributed by atoms with Crippen molar-refractivity contribution in [2.45, 2.75) is 50.9 Å². The predicted molar refractivity (Wildman–Crippen MR) is 119 cm³/mol. The molecule has 2 aromatic rings. The highest BCUT2D eigenvalue weighted by Gasteiger charge is 2.47. The van der Waals surface area contributed by atoms with Gasteiger partial charge in [-0.2, -0.15) is 0 Å². The maximum absolute atomic E-state index is 12.0. The van der Waals surface area contributed by atoms with Crippen molar-refractivity contribution in [1.82, 2.24) is 4.65 Å². The lowest BCUT2D eigenvalue weighted by molar-refractivity contribution is -0.108. The largest absolute Gasteiger partial charge is 0.351 e. The fourth-order valence-corrected chi connectivity index (χ4v) is 15.9. The predicted octanol–water partition coefficient (Wildman–Crippen LogP) is 3.50. The van der Waals surface area contributed by atoms with Gasteiger partial charge in [-0.15, -0.1) is 0 Å². The van der Waals surface area contributed by atoms with Crippen LogP contribution in [-0.4, -0.2) is 29.0 Å². The van der Waals surface area contributed by atoms with E-state index in [9.17, 15) is 9.59 Å². The molecule has 0 aliphatic rings. The number of aldehydes is 2. The van der Waals surface area contributed by atoms with Gasteiger partial charge in [-0.25, -0.2) is 0 Å². The average molecular weight is 398 g/mol. The zero-order valence-electron chi connectivity index (χ0n) is 16.8. The lowest BCUT2D eigenvalue weighted by Gasteiger charge is -2.44. The fraction of sp³-hybridized carbons (Fsp3) is 0.364. The molecule has 4 unspecified atom stereocenters. The molecule has 0 aromatic heterocycles. The molecule has 5 heteroatoms. The molecule has 0 amide bonds. The van der Waals surface area contributed by atoms with Gasteiger partial charge in [0.2, 0.25) is 0 Å². The van der Waals surface area contributed by atoms with E-state index >= 15 is 0 Å². The second-order valence-corrected chi connectivity index (χ2v) is 16.0. The molecule has 2 rings (SSSR count). The molecular formula is C22H31NO2Si2. The first-order valence-corrected chi connectivity index (χ1v) is 14.9. The van der Waals surface area contributed by atoms with Crippen molar-refractivity contribution >= 4 is 39.4 Å². The first-order valence-electron chi connectivity index (χ1n) is 9.77. The van der Waals surface area contributed by atoms with E-state index in [4.69, 9.17) is 0 Å². The van der Waals surface area contributed by atoms with Crippen molar-refractivity contribution in [2.75, 3.05) is 0 Å². The van der Waals surface area contributed by atoms with E-state index in [0.29, 0.717) is 0 Å². The van der Waals surface area contributed by atoms with Crippen LogP contribution < -0.4 is 15.0 Å². The Hall–Kier alpha value is -1.83. The molecule has 144 valence electrons. The third-order valence-corrected chi connectivity index (χ3v) is 17.2. The van der Waals surface area contributed by atoms with E-state index in [1.165, 1.54) is 10.4 Å². The van der Waals surface area contributed by atoms with Gasteiger partial charge in [-0.3, -0.25) is 0 Å². The van der Waals surface area contributed by atoms with E-state index in [1.807, 2.05) is 36.4 Å². The highest BCUT2D eigenvalue weighted by atomic mass is 28.4. The average Bonchev–Trinajstić information content (AvgIpc) is 2.71. The van der Waals surface area contributed by atoms with Gasteiger partial charge in [0.25, 0.3) is 0 Å². The molecule has 0 radical (unpaired) electrons. The Morgan fingerprint density at radius 2 is 1.07 bits per heavy atom. The summed E-state index contributed by atoms with van der Waals surface area (Å²) in [5.74, 6) is 0. The summed E-state index contributed by atoms with van der Waals surface area (Å²) < 4.78 is 4.06. The monoisotopic (exact) mass is 397 g/mol. The van der Waals surface area contributed by atoms with Crippen molar-refractivity contribution in [2.24, 2.45) is 0 Å². The summed E-state index contributed by atoms with van der Waals surface area (Å²) in [6, 6.07) is 20.7. The number of rotatable bonds is 10. The van der Waals surface area contributed by atoms with Gasteiger partial charge in [0.05, 0.1) is 0 Å². The van der Waals surface area contributed by atoms with Gasteiger partial charge >= 0.3 is 0 Å². The van der Waals surface area contributed by atoms with E-state index in [1.54, 1.807) is 0 Å². The lowest BCUT2D eigenvalue weighted by atomic mass is 10.3. The minimum absolute atomic E-state index is 0.0420. The Bertz CT molecular complexity index is 677. The molecule has 0 bridgehead atoms. The second kappa shape index (κ2) is 9.39. The molecule has 0 aliphatic heterocycles. The first-order chi connectivity index (χ1) is 13.0. The van der Waals surface area contributed by atoms with Crippen molar-refractivity contribution in [3.63, 3.8) is 0 Å². The van der Waals surface area contributed by atoms with E-state index in [2.05, 4.69) is 55.9 Å². The molecule has 0 aliphatic carbocycles. The lowest BCUT2D eigenvalue weighted by Crippen LogP contribution is -2.75. The Balaban J connectivity index is 2.63. The summed E-state index contributed by atoms with van der Waals surface area (Å²) in [7, 11) is -4.77. The van der Waals surface area contributed by atoms with Gasteiger partial charge in [0.15, 0.2) is 16.5 Å². The summed E-state index contributed by atoms with van der Waals surface area (Å²) in [6.45, 7) is 8.65. The van der Waals surface area contributed by atoms with Gasteiger partial charge in [-0.1, -0.05) is 87.6 Å². The van der Waals surface area contributed by atoms with Crippen LogP contribution in [0.1, 0.15) is 26.7 Å². The number of benzene rings is 2. The quantitative estimate of drug-likeness (QED) is 0.493. The Morgan fingerprint density at radius 3 is 1.33 bits per heavy atom. The molecule has 0 saturated heterocycles. The maximum Gasteiger partial charge on any atom is 0.158 e. The van der Waals surface area contributed by atoms with Crippen LogP contribution in [0, 0.1) is 0 Å². The number of carbonyl (C=O) groups excluding carboxylic acids is 2. The van der Waals surface area contributed by atoms with Crippen LogP contribution in [0.25, 0.3) is 0 Å². The Labute approximate surface area is 165 Å². The molecule has 0 fully saturated rings. The van der Waals surface area contributed by atoms with Crippen molar-refractivity contribution in [3.8, 4) is 0 Å². The number of hydrogen-bond donors (Lipinski definition) is 1. The van der Waals surface area contributed by atoms with Crippen LogP contribution in [-0.2, 0) is 9.59 Å². The van der Waals surface area contributed by atoms with Crippen molar-refractivity contribution in [1.29, 1.82) is 0 Å². The standard InChI is InChI=1S/C22H31NO2Si2/c1-5-19(17-24)26(3,21-13-9-7-10-14-21)23-27(4,20(6-2)18-25)22-15-11-8-12-16-22/h7-20,23H,5-6H2,1-4H3. The summed E-state index contributed by atoms with van der Waals surface area (Å²) in [5.41, 5.74) is -0.0841. The second-order valence-electron chi connectivity index (χ2n) is 7.56. The summed E-state index contributed by atoms with van der Waals surface area (Å²) >= 11 is 0. The normalized spacial score (nSPS) is 17.9. The van der Waals surface area contributed by atoms with Gasteiger partial charge < -0.3 is 14.2 Å². The van der Waals surface area contributed by atoms with Gasteiger partial charge in [0, 0.05) is 11.1 Å². The zero-order chi connectivity index (χ0) is 19.9. The number of hydrogen-bond acceptors (Lipinski definition) is 3. The van der Waals surface area contributed by atoms with Gasteiger partial charge in [0.1, 0.15) is 12.6 Å². The Kier molecular flexibility index (Phi) is 7.47. The van der Waals surface area contributed by atoms with Crippen molar-refractivity contribution < 1.29 is 9.59 Å². The van der Waals surface area contributed by atoms with E-state index in [-0.39, 0.29) is 11.1 Å². The van der Waals surface area contributed by atoms with Crippen LogP contribution in [0.3, 0.4) is 0 Å². The third kappa shape index (κ3) is 4.37. The number of carbonyl (C=O) groups is 2. The summed E-state index contributed by atoms with van der Waals surface area (Å²) in [6.07, 6.45) is 3.83. The van der Waals surface area contributed by atoms with E-state index in [0.717, 1.165) is 25.4 Å². The highest BCUT2D eigenvalue weighted by Crippen LogP contribution is 2.28. The SMILES string of the molecule is CCC(C=O)[Si](C)(N[Si](C)(c1ccccc1)C(C=O)CC)c1ccccc1. The van der Waals surface area contributed by atoms with Crippen LogP contribution in [0.15, 0.2) is 60.7 Å². The summed E-state index contributed by atoms with van der Waals surface area (Å²) in [4.78, 5) is 24.1. The van der Waals surface area contributed by atoms with E-state index < -0.39 is 16.5 Å². The minimum Gasteiger partial charge on any atom is -0.351 e. The fourth-order valence-electron chi connectivity index (χ4n) is 4.15. The van der Waals surface area contributed by atoms with Crippen molar-refractivity contribution in [3.05, 3.63) is 60.7 Å². The topological polar surface area (TPSA) is 46.2 Å². The molecule has 1 N–H and O–H groups in total. The highest BCUT2D eigenvalue weighted by molar-refractivity contribution is 7.06.